The topological polar surface area (TPSA) is 26.3 Å². The van der Waals surface area contributed by atoms with E-state index in [1.807, 2.05) is 0 Å². The molecule has 1 fully saturated rings. The smallest absolute Gasteiger partial charge is 0.153 e. The summed E-state index contributed by atoms with van der Waals surface area (Å²) in [6.07, 6.45) is 2.86. The summed E-state index contributed by atoms with van der Waals surface area (Å²) in [5.74, 6) is 0.0733. The number of rotatable bonds is 3. The first-order valence-electron chi connectivity index (χ1n) is 4.21. The maximum absolute atomic E-state index is 12.8. The Morgan fingerprint density at radius 1 is 1.46 bits per heavy atom. The molecule has 1 aliphatic rings. The van der Waals surface area contributed by atoms with Crippen molar-refractivity contribution in [3.63, 3.8) is 0 Å². The van der Waals surface area contributed by atoms with Crippen LogP contribution in [0.4, 0.5) is 4.39 Å². The number of ether oxygens (including phenoxy) is 1. The van der Waals surface area contributed by atoms with E-state index in [9.17, 15) is 9.18 Å². The van der Waals surface area contributed by atoms with E-state index in [2.05, 4.69) is 0 Å². The third-order valence-corrected chi connectivity index (χ3v) is 1.92. The Hall–Kier alpha value is -1.38. The number of halogens is 1. The average Bonchev–Trinajstić information content (AvgIpc) is 2.92. The molecule has 0 bridgehead atoms. The van der Waals surface area contributed by atoms with Crippen molar-refractivity contribution in [3.8, 4) is 5.75 Å². The van der Waals surface area contributed by atoms with Gasteiger partial charge in [0, 0.05) is 0 Å². The highest BCUT2D eigenvalue weighted by Gasteiger charge is 2.23. The van der Waals surface area contributed by atoms with Gasteiger partial charge in [-0.25, -0.2) is 4.39 Å². The molecular formula is C10H9FO2. The normalized spacial score (nSPS) is 15.5. The minimum atomic E-state index is -0.502. The lowest BCUT2D eigenvalue weighted by Gasteiger charge is -2.04. The number of carbonyl (C=O) groups is 1. The highest BCUT2D eigenvalue weighted by atomic mass is 19.1. The molecule has 1 aliphatic carbocycles. The van der Waals surface area contributed by atoms with Gasteiger partial charge >= 0.3 is 0 Å². The Bertz CT molecular complexity index is 332. The lowest BCUT2D eigenvalue weighted by atomic mass is 10.2. The van der Waals surface area contributed by atoms with Crippen LogP contribution >= 0.6 is 0 Å². The SMILES string of the molecule is O=Cc1cc(OC2CC2)ccc1F. The van der Waals surface area contributed by atoms with Crippen molar-refractivity contribution in [1.29, 1.82) is 0 Å². The zero-order chi connectivity index (χ0) is 9.26. The van der Waals surface area contributed by atoms with E-state index in [-0.39, 0.29) is 11.7 Å². The van der Waals surface area contributed by atoms with Gasteiger partial charge in [0.05, 0.1) is 11.7 Å². The quantitative estimate of drug-likeness (QED) is 0.666. The van der Waals surface area contributed by atoms with Gasteiger partial charge in [-0.05, 0) is 31.0 Å². The van der Waals surface area contributed by atoms with Crippen LogP contribution < -0.4 is 4.74 Å². The fourth-order valence-electron chi connectivity index (χ4n) is 1.06. The lowest BCUT2D eigenvalue weighted by molar-refractivity contribution is 0.111. The number of carbonyl (C=O) groups excluding carboxylic acids is 1. The summed E-state index contributed by atoms with van der Waals surface area (Å²) in [6, 6.07) is 4.22. The molecule has 0 N–H and O–H groups in total. The molecule has 0 heterocycles. The minimum absolute atomic E-state index is 0.0538. The summed E-state index contributed by atoms with van der Waals surface area (Å²) < 4.78 is 18.2. The molecule has 0 spiro atoms. The van der Waals surface area contributed by atoms with Crippen molar-refractivity contribution in [2.75, 3.05) is 0 Å². The van der Waals surface area contributed by atoms with E-state index >= 15 is 0 Å². The van der Waals surface area contributed by atoms with Gasteiger partial charge in [0.15, 0.2) is 6.29 Å². The second-order valence-corrected chi connectivity index (χ2v) is 3.12. The van der Waals surface area contributed by atoms with Gasteiger partial charge in [0.25, 0.3) is 0 Å². The Morgan fingerprint density at radius 2 is 2.23 bits per heavy atom. The first kappa shape index (κ1) is 8.23. The lowest BCUT2D eigenvalue weighted by Crippen LogP contribution is -1.97. The van der Waals surface area contributed by atoms with Crippen LogP contribution in [0.25, 0.3) is 0 Å². The molecule has 1 aromatic carbocycles. The third kappa shape index (κ3) is 1.86. The van der Waals surface area contributed by atoms with E-state index < -0.39 is 5.82 Å². The fraction of sp³-hybridized carbons (Fsp3) is 0.300. The first-order valence-corrected chi connectivity index (χ1v) is 4.21. The standard InChI is InChI=1S/C10H9FO2/c11-10-4-3-9(5-7(10)6-12)13-8-1-2-8/h3-6,8H,1-2H2. The molecule has 0 aromatic heterocycles. The van der Waals surface area contributed by atoms with Gasteiger partial charge < -0.3 is 4.74 Å². The maximum Gasteiger partial charge on any atom is 0.153 e. The predicted octanol–water partition coefficient (Wildman–Crippen LogP) is 2.18. The number of hydrogen-bond donors (Lipinski definition) is 0. The van der Waals surface area contributed by atoms with Crippen molar-refractivity contribution in [2.45, 2.75) is 18.9 Å². The maximum atomic E-state index is 12.8. The van der Waals surface area contributed by atoms with E-state index in [0.29, 0.717) is 12.0 Å². The fourth-order valence-corrected chi connectivity index (χ4v) is 1.06. The molecule has 0 atom stereocenters. The monoisotopic (exact) mass is 180 g/mol. The molecule has 0 amide bonds. The average molecular weight is 180 g/mol. The molecule has 1 saturated carbocycles. The Kier molecular flexibility index (Phi) is 2.00. The van der Waals surface area contributed by atoms with Gasteiger partial charge in [-0.15, -0.1) is 0 Å². The molecule has 3 heteroatoms. The van der Waals surface area contributed by atoms with Crippen LogP contribution in [0.5, 0.6) is 5.75 Å². The van der Waals surface area contributed by atoms with Crippen molar-refractivity contribution in [3.05, 3.63) is 29.6 Å². The van der Waals surface area contributed by atoms with E-state index in [0.717, 1.165) is 12.8 Å². The Labute approximate surface area is 75.3 Å². The van der Waals surface area contributed by atoms with Gasteiger partial charge in [-0.3, -0.25) is 4.79 Å². The van der Waals surface area contributed by atoms with E-state index in [1.54, 1.807) is 6.07 Å². The second-order valence-electron chi connectivity index (χ2n) is 3.12. The molecule has 0 saturated heterocycles. The molecule has 2 nitrogen and oxygen atoms in total. The number of hydrogen-bond acceptors (Lipinski definition) is 2. The molecule has 0 aliphatic heterocycles. The van der Waals surface area contributed by atoms with Crippen molar-refractivity contribution in [1.82, 2.24) is 0 Å². The zero-order valence-corrected chi connectivity index (χ0v) is 7.00. The van der Waals surface area contributed by atoms with Crippen LogP contribution in [-0.4, -0.2) is 12.4 Å². The van der Waals surface area contributed by atoms with Crippen LogP contribution in [0.1, 0.15) is 23.2 Å². The summed E-state index contributed by atoms with van der Waals surface area (Å²) in [4.78, 5) is 10.4. The molecule has 1 aromatic rings. The summed E-state index contributed by atoms with van der Waals surface area (Å²) in [5, 5.41) is 0. The summed E-state index contributed by atoms with van der Waals surface area (Å²) in [5.41, 5.74) is 0.0538. The van der Waals surface area contributed by atoms with Crippen molar-refractivity contribution in [2.24, 2.45) is 0 Å². The van der Waals surface area contributed by atoms with Crippen LogP contribution in [0.15, 0.2) is 18.2 Å². The number of benzene rings is 1. The highest BCUT2D eigenvalue weighted by Crippen LogP contribution is 2.27. The minimum Gasteiger partial charge on any atom is -0.490 e. The van der Waals surface area contributed by atoms with Gasteiger partial charge in [0.1, 0.15) is 11.6 Å². The molecule has 2 rings (SSSR count). The second kappa shape index (κ2) is 3.17. The van der Waals surface area contributed by atoms with Crippen LogP contribution in [0, 0.1) is 5.82 Å². The van der Waals surface area contributed by atoms with Gasteiger partial charge in [-0.1, -0.05) is 0 Å². The Balaban J connectivity index is 2.20. The molecule has 0 radical (unpaired) electrons. The Morgan fingerprint density at radius 3 is 2.85 bits per heavy atom. The van der Waals surface area contributed by atoms with Gasteiger partial charge in [-0.2, -0.15) is 0 Å². The third-order valence-electron chi connectivity index (χ3n) is 1.92. The predicted molar refractivity (Wildman–Crippen MR) is 45.4 cm³/mol. The van der Waals surface area contributed by atoms with Gasteiger partial charge in [0.2, 0.25) is 0 Å². The zero-order valence-electron chi connectivity index (χ0n) is 7.00. The molecular weight excluding hydrogens is 171 g/mol. The molecule has 13 heavy (non-hydrogen) atoms. The largest absolute Gasteiger partial charge is 0.490 e. The van der Waals surface area contributed by atoms with Crippen LogP contribution in [0.3, 0.4) is 0 Å². The van der Waals surface area contributed by atoms with E-state index in [1.165, 1.54) is 12.1 Å². The van der Waals surface area contributed by atoms with Crippen molar-refractivity contribution < 1.29 is 13.9 Å². The first-order chi connectivity index (χ1) is 6.29. The number of aldehydes is 1. The molecule has 68 valence electrons. The van der Waals surface area contributed by atoms with E-state index in [4.69, 9.17) is 4.74 Å². The molecule has 0 unspecified atom stereocenters. The highest BCUT2D eigenvalue weighted by molar-refractivity contribution is 5.75. The summed E-state index contributed by atoms with van der Waals surface area (Å²) in [7, 11) is 0. The van der Waals surface area contributed by atoms with Crippen molar-refractivity contribution >= 4 is 6.29 Å². The summed E-state index contributed by atoms with van der Waals surface area (Å²) in [6.45, 7) is 0. The van der Waals surface area contributed by atoms with Crippen LogP contribution in [-0.2, 0) is 0 Å². The summed E-state index contributed by atoms with van der Waals surface area (Å²) >= 11 is 0. The van der Waals surface area contributed by atoms with Crippen LogP contribution in [0.2, 0.25) is 0 Å².